The fraction of sp³-hybridized carbons (Fsp3) is 0.429. The van der Waals surface area contributed by atoms with Gasteiger partial charge in [-0.1, -0.05) is 12.1 Å². The number of allylic oxidation sites excluding steroid dienone is 7. The van der Waals surface area contributed by atoms with E-state index in [0.29, 0.717) is 17.7 Å². The number of aryl methyl sites for hydroxylation is 1. The van der Waals surface area contributed by atoms with Crippen molar-refractivity contribution in [3.63, 3.8) is 0 Å². The van der Waals surface area contributed by atoms with Gasteiger partial charge in [-0.15, -0.1) is 0 Å². The first-order valence-electron chi connectivity index (χ1n) is 11.8. The Kier molecular flexibility index (Phi) is 5.84. The zero-order valence-electron chi connectivity index (χ0n) is 20.3. The minimum atomic E-state index is -0.351. The fourth-order valence-corrected chi connectivity index (χ4v) is 6.09. The van der Waals surface area contributed by atoms with Gasteiger partial charge in [0.25, 0.3) is 0 Å². The maximum atomic E-state index is 13.0. The molecule has 5 rings (SSSR count). The smallest absolute Gasteiger partial charge is 0.419 e. The summed E-state index contributed by atoms with van der Waals surface area (Å²) in [6.45, 7) is 0. The molecular formula is C28H32NO5+. The van der Waals surface area contributed by atoms with Gasteiger partial charge in [-0.05, 0) is 84.9 Å². The number of rotatable bonds is 7. The van der Waals surface area contributed by atoms with Gasteiger partial charge in [-0.25, -0.2) is 0 Å². The Hall–Kier alpha value is -3.28. The van der Waals surface area contributed by atoms with Crippen molar-refractivity contribution in [2.45, 2.75) is 32.1 Å². The third-order valence-corrected chi connectivity index (χ3v) is 7.83. The van der Waals surface area contributed by atoms with E-state index in [0.717, 1.165) is 59.7 Å². The summed E-state index contributed by atoms with van der Waals surface area (Å²) >= 11 is 0. The third kappa shape index (κ3) is 3.75. The molecule has 1 saturated carbocycles. The second-order valence-electron chi connectivity index (χ2n) is 9.54. The number of nitroso groups, excluding NO2 is 1. The van der Waals surface area contributed by atoms with Gasteiger partial charge in [0.05, 0.1) is 28.4 Å². The molecule has 0 saturated heterocycles. The molecule has 0 radical (unpaired) electrons. The van der Waals surface area contributed by atoms with Crippen molar-refractivity contribution in [3.8, 4) is 11.5 Å². The van der Waals surface area contributed by atoms with Crippen LogP contribution in [0.15, 0.2) is 77.1 Å². The number of ether oxygens (including phenoxy) is 4. The number of hydrogen-bond donors (Lipinski definition) is 0. The Balaban J connectivity index is 1.48. The van der Waals surface area contributed by atoms with E-state index >= 15 is 0 Å². The Morgan fingerprint density at radius 1 is 1.03 bits per heavy atom. The van der Waals surface area contributed by atoms with Crippen LogP contribution in [-0.2, 0) is 15.9 Å². The molecule has 3 unspecified atom stereocenters. The predicted octanol–water partition coefficient (Wildman–Crippen LogP) is 5.61. The monoisotopic (exact) mass is 462 g/mol. The Bertz CT molecular complexity index is 1170. The van der Waals surface area contributed by atoms with Gasteiger partial charge in [0, 0.05) is 22.0 Å². The minimum absolute atomic E-state index is 0.345. The molecule has 0 N–H and O–H groups in total. The van der Waals surface area contributed by atoms with E-state index in [1.54, 1.807) is 34.6 Å². The molecule has 1 aliphatic heterocycles. The van der Waals surface area contributed by atoms with E-state index in [9.17, 15) is 4.91 Å². The van der Waals surface area contributed by atoms with Crippen LogP contribution in [0.1, 0.15) is 31.2 Å². The van der Waals surface area contributed by atoms with Crippen molar-refractivity contribution < 1.29 is 23.7 Å². The lowest BCUT2D eigenvalue weighted by Gasteiger charge is -2.47. The van der Waals surface area contributed by atoms with Gasteiger partial charge in [0.2, 0.25) is 6.20 Å². The topological polar surface area (TPSA) is 57.0 Å². The standard InChI is InChI=1S/C28H32NO5/c1-31-22-9-10-28-15-20-13-23(24(28)14-22)21(17-29(30)27(16-28)34-4)12-19(20)7-5-18-6-8-25(32-2)26(11-18)33-3/h6,8-11,14,16-17,19-20H,5,7,12-13,15H2,1-4H3/q+1. The first-order valence-corrected chi connectivity index (χ1v) is 11.8. The summed E-state index contributed by atoms with van der Waals surface area (Å²) in [6, 6.07) is 6.16. The molecule has 0 spiro atoms. The largest absolute Gasteiger partial charge is 0.497 e. The second-order valence-corrected chi connectivity index (χ2v) is 9.54. The average molecular weight is 463 g/mol. The highest BCUT2D eigenvalue weighted by molar-refractivity contribution is 5.55. The van der Waals surface area contributed by atoms with Crippen molar-refractivity contribution in [3.05, 3.63) is 87.5 Å². The number of benzene rings is 1. The first kappa shape index (κ1) is 22.5. The summed E-state index contributed by atoms with van der Waals surface area (Å²) in [5.74, 6) is 3.73. The van der Waals surface area contributed by atoms with Gasteiger partial charge in [0.1, 0.15) is 10.5 Å². The van der Waals surface area contributed by atoms with E-state index in [-0.39, 0.29) is 5.41 Å². The Morgan fingerprint density at radius 2 is 1.85 bits per heavy atom. The summed E-state index contributed by atoms with van der Waals surface area (Å²) < 4.78 is 22.8. The zero-order valence-corrected chi connectivity index (χ0v) is 20.3. The van der Waals surface area contributed by atoms with Crippen molar-refractivity contribution in [1.29, 1.82) is 0 Å². The second kappa shape index (κ2) is 8.82. The molecule has 4 aliphatic rings. The maximum Gasteiger partial charge on any atom is 0.419 e. The Morgan fingerprint density at radius 3 is 2.59 bits per heavy atom. The number of fused-ring (bicyclic) bond motifs is 1. The molecule has 6 nitrogen and oxygen atoms in total. The van der Waals surface area contributed by atoms with E-state index < -0.39 is 0 Å². The van der Waals surface area contributed by atoms with Gasteiger partial charge in [-0.2, -0.15) is 0 Å². The molecule has 1 aromatic rings. The van der Waals surface area contributed by atoms with E-state index in [2.05, 4.69) is 24.3 Å². The van der Waals surface area contributed by atoms with E-state index in [4.69, 9.17) is 18.9 Å². The maximum absolute atomic E-state index is 13.0. The molecule has 3 bridgehead atoms. The van der Waals surface area contributed by atoms with Gasteiger partial charge < -0.3 is 18.9 Å². The molecule has 34 heavy (non-hydrogen) atoms. The van der Waals surface area contributed by atoms with Crippen molar-refractivity contribution in [2.24, 2.45) is 17.3 Å². The molecule has 178 valence electrons. The highest BCUT2D eigenvalue weighted by Gasteiger charge is 2.49. The molecule has 0 amide bonds. The number of nitrogens with zero attached hydrogens (tertiary/aromatic N) is 1. The summed E-state index contributed by atoms with van der Waals surface area (Å²) in [6.07, 6.45) is 14.9. The van der Waals surface area contributed by atoms with Crippen LogP contribution in [0.3, 0.4) is 0 Å². The van der Waals surface area contributed by atoms with E-state index in [1.807, 2.05) is 18.2 Å². The highest BCUT2D eigenvalue weighted by atomic mass is 16.5. The SMILES string of the molecule is COC1=CC2=C3CC4CC2(C=C1)C=C(OC)[N+](=O)C=C3CC4CCc1ccc(OC)c(OC)c1. The summed E-state index contributed by atoms with van der Waals surface area (Å²) in [5.41, 5.74) is 4.54. The fourth-order valence-electron chi connectivity index (χ4n) is 6.09. The number of hydrogen-bond acceptors (Lipinski definition) is 5. The van der Waals surface area contributed by atoms with Crippen LogP contribution in [0.2, 0.25) is 0 Å². The molecule has 1 heterocycles. The first-order chi connectivity index (χ1) is 16.5. The van der Waals surface area contributed by atoms with Crippen LogP contribution < -0.4 is 9.47 Å². The minimum Gasteiger partial charge on any atom is -0.497 e. The summed E-state index contributed by atoms with van der Waals surface area (Å²) in [7, 11) is 6.59. The lowest BCUT2D eigenvalue weighted by atomic mass is 9.56. The zero-order chi connectivity index (χ0) is 23.9. The van der Waals surface area contributed by atoms with Crippen LogP contribution in [-0.4, -0.2) is 33.2 Å². The molecule has 0 aromatic heterocycles. The predicted molar refractivity (Wildman–Crippen MR) is 129 cm³/mol. The average Bonchev–Trinajstić information content (AvgIpc) is 2.86. The van der Waals surface area contributed by atoms with Gasteiger partial charge in [0.15, 0.2) is 11.5 Å². The third-order valence-electron chi connectivity index (χ3n) is 7.83. The number of methoxy groups -OCH3 is 4. The van der Waals surface area contributed by atoms with Crippen molar-refractivity contribution in [2.75, 3.05) is 28.4 Å². The molecule has 1 fully saturated rings. The van der Waals surface area contributed by atoms with Gasteiger partial charge in [-0.3, -0.25) is 0 Å². The highest BCUT2D eigenvalue weighted by Crippen LogP contribution is 2.57. The quantitative estimate of drug-likeness (QED) is 0.493. The van der Waals surface area contributed by atoms with E-state index in [1.165, 1.54) is 16.7 Å². The van der Waals surface area contributed by atoms with Gasteiger partial charge >= 0.3 is 5.88 Å². The Labute approximate surface area is 200 Å². The molecule has 6 heteroatoms. The van der Waals surface area contributed by atoms with Crippen LogP contribution in [0, 0.1) is 22.2 Å². The van der Waals surface area contributed by atoms with Crippen molar-refractivity contribution >= 4 is 0 Å². The lowest BCUT2D eigenvalue weighted by molar-refractivity contribution is -0.462. The van der Waals surface area contributed by atoms with Crippen LogP contribution in [0.4, 0.5) is 0 Å². The van der Waals surface area contributed by atoms with Crippen LogP contribution in [0.25, 0.3) is 0 Å². The lowest BCUT2D eigenvalue weighted by Crippen LogP contribution is -2.38. The van der Waals surface area contributed by atoms with Crippen LogP contribution in [0.5, 0.6) is 11.5 Å². The van der Waals surface area contributed by atoms with Crippen LogP contribution >= 0.6 is 0 Å². The molecule has 3 atom stereocenters. The molecule has 3 aliphatic carbocycles. The summed E-state index contributed by atoms with van der Waals surface area (Å²) in [5, 5.41) is 0. The molecular weight excluding hydrogens is 430 g/mol. The van der Waals surface area contributed by atoms with Crippen molar-refractivity contribution in [1.82, 2.24) is 0 Å². The molecule has 1 aromatic carbocycles. The normalized spacial score (nSPS) is 27.2. The summed E-state index contributed by atoms with van der Waals surface area (Å²) in [4.78, 5) is 13.0.